The SMILES string of the molecule is Cc1ccc(Cl)cc1N1CCN(C(=S)Nc2ccc(S(=O)(=O)Nc3ncccn3)cc2)CC1. The summed E-state index contributed by atoms with van der Waals surface area (Å²) in [5.74, 6) is 0.0213. The third-order valence-corrected chi connectivity index (χ3v) is 7.23. The van der Waals surface area contributed by atoms with Gasteiger partial charge in [-0.15, -0.1) is 0 Å². The van der Waals surface area contributed by atoms with E-state index in [1.807, 2.05) is 18.2 Å². The Balaban J connectivity index is 1.34. The van der Waals surface area contributed by atoms with Crippen molar-refractivity contribution in [3.8, 4) is 0 Å². The number of halogens is 1. The first-order valence-corrected chi connectivity index (χ1v) is 12.6. The Kier molecular flexibility index (Phi) is 6.96. The molecule has 33 heavy (non-hydrogen) atoms. The quantitative estimate of drug-likeness (QED) is 0.510. The molecule has 1 aliphatic heterocycles. The number of piperazine rings is 1. The van der Waals surface area contributed by atoms with Crippen LogP contribution in [0, 0.1) is 6.92 Å². The average Bonchev–Trinajstić information content (AvgIpc) is 2.81. The molecule has 11 heteroatoms. The van der Waals surface area contributed by atoms with Crippen LogP contribution in [0.2, 0.25) is 5.02 Å². The molecule has 172 valence electrons. The molecule has 2 aromatic carbocycles. The van der Waals surface area contributed by atoms with E-state index in [0.29, 0.717) is 10.8 Å². The van der Waals surface area contributed by atoms with Crippen molar-refractivity contribution in [2.24, 2.45) is 0 Å². The van der Waals surface area contributed by atoms with Crippen molar-refractivity contribution in [1.82, 2.24) is 14.9 Å². The van der Waals surface area contributed by atoms with Crippen molar-refractivity contribution in [2.75, 3.05) is 41.1 Å². The molecule has 1 saturated heterocycles. The highest BCUT2D eigenvalue weighted by atomic mass is 35.5. The summed E-state index contributed by atoms with van der Waals surface area (Å²) >= 11 is 11.7. The molecular weight excluding hydrogens is 480 g/mol. The van der Waals surface area contributed by atoms with Crippen LogP contribution >= 0.6 is 23.8 Å². The molecule has 0 unspecified atom stereocenters. The van der Waals surface area contributed by atoms with Crippen LogP contribution in [-0.2, 0) is 10.0 Å². The standard InChI is InChI=1S/C22H23ClN6O2S2/c1-16-3-4-17(23)15-20(16)28-11-13-29(14-12-28)22(32)26-18-5-7-19(8-6-18)33(30,31)27-21-24-9-2-10-25-21/h2-10,15H,11-14H2,1H3,(H,26,32)(H,24,25,27). The highest BCUT2D eigenvalue weighted by molar-refractivity contribution is 7.92. The van der Waals surface area contributed by atoms with Gasteiger partial charge in [0.2, 0.25) is 5.95 Å². The fraction of sp³-hybridized carbons (Fsp3) is 0.227. The lowest BCUT2D eigenvalue weighted by Gasteiger charge is -2.38. The molecule has 3 aromatic rings. The molecule has 0 aliphatic carbocycles. The second kappa shape index (κ2) is 9.90. The van der Waals surface area contributed by atoms with E-state index in [1.165, 1.54) is 30.1 Å². The fourth-order valence-corrected chi connectivity index (χ4v) is 4.95. The summed E-state index contributed by atoms with van der Waals surface area (Å²) in [7, 11) is -3.78. The Hall–Kier alpha value is -2.95. The van der Waals surface area contributed by atoms with Gasteiger partial charge in [-0.1, -0.05) is 17.7 Å². The number of benzene rings is 2. The zero-order valence-corrected chi connectivity index (χ0v) is 20.3. The van der Waals surface area contributed by atoms with Gasteiger partial charge in [-0.3, -0.25) is 0 Å². The number of rotatable bonds is 5. The topological polar surface area (TPSA) is 90.5 Å². The van der Waals surface area contributed by atoms with Crippen molar-refractivity contribution in [2.45, 2.75) is 11.8 Å². The second-order valence-corrected chi connectivity index (χ2v) is 10.0. The Morgan fingerprint density at radius 1 is 1.03 bits per heavy atom. The number of aromatic nitrogens is 2. The summed E-state index contributed by atoms with van der Waals surface area (Å²) in [6, 6.07) is 13.9. The molecule has 1 fully saturated rings. The number of thiocarbonyl (C=S) groups is 1. The summed E-state index contributed by atoms with van der Waals surface area (Å²) in [6.07, 6.45) is 2.93. The van der Waals surface area contributed by atoms with Crippen molar-refractivity contribution < 1.29 is 8.42 Å². The normalized spacial score (nSPS) is 14.1. The van der Waals surface area contributed by atoms with Crippen molar-refractivity contribution in [3.05, 3.63) is 71.5 Å². The van der Waals surface area contributed by atoms with Crippen LogP contribution in [0.1, 0.15) is 5.56 Å². The Labute approximate surface area is 203 Å². The van der Waals surface area contributed by atoms with E-state index in [4.69, 9.17) is 23.8 Å². The molecule has 0 saturated carbocycles. The predicted molar refractivity (Wildman–Crippen MR) is 135 cm³/mol. The van der Waals surface area contributed by atoms with E-state index in [-0.39, 0.29) is 10.8 Å². The van der Waals surface area contributed by atoms with E-state index in [2.05, 4.69) is 36.7 Å². The van der Waals surface area contributed by atoms with Crippen molar-refractivity contribution >= 4 is 56.3 Å². The highest BCUT2D eigenvalue weighted by Gasteiger charge is 2.21. The van der Waals surface area contributed by atoms with E-state index < -0.39 is 10.0 Å². The van der Waals surface area contributed by atoms with Crippen LogP contribution < -0.4 is 14.9 Å². The predicted octanol–water partition coefficient (Wildman–Crippen LogP) is 3.76. The summed E-state index contributed by atoms with van der Waals surface area (Å²) in [5, 5.41) is 4.52. The summed E-state index contributed by atoms with van der Waals surface area (Å²) in [4.78, 5) is 12.3. The minimum absolute atomic E-state index is 0.0213. The Morgan fingerprint density at radius 2 is 1.70 bits per heavy atom. The van der Waals surface area contributed by atoms with Crippen LogP contribution in [0.4, 0.5) is 17.3 Å². The van der Waals surface area contributed by atoms with Gasteiger partial charge in [0.15, 0.2) is 5.11 Å². The lowest BCUT2D eigenvalue weighted by atomic mass is 10.1. The van der Waals surface area contributed by atoms with E-state index in [9.17, 15) is 8.42 Å². The minimum Gasteiger partial charge on any atom is -0.368 e. The summed E-state index contributed by atoms with van der Waals surface area (Å²) < 4.78 is 27.4. The van der Waals surface area contributed by atoms with Gasteiger partial charge in [0.05, 0.1) is 4.90 Å². The first-order chi connectivity index (χ1) is 15.8. The van der Waals surface area contributed by atoms with Gasteiger partial charge in [-0.25, -0.2) is 23.1 Å². The van der Waals surface area contributed by atoms with Crippen LogP contribution in [-0.4, -0.2) is 54.6 Å². The summed E-state index contributed by atoms with van der Waals surface area (Å²) in [6.45, 7) is 5.27. The third kappa shape index (κ3) is 5.70. The molecule has 1 aromatic heterocycles. The molecule has 8 nitrogen and oxygen atoms in total. The summed E-state index contributed by atoms with van der Waals surface area (Å²) in [5.41, 5.74) is 3.05. The molecule has 2 N–H and O–H groups in total. The van der Waals surface area contributed by atoms with Gasteiger partial charge in [-0.2, -0.15) is 0 Å². The van der Waals surface area contributed by atoms with Crippen LogP contribution in [0.3, 0.4) is 0 Å². The van der Waals surface area contributed by atoms with E-state index in [0.717, 1.165) is 36.9 Å². The molecule has 1 aliphatic rings. The number of aryl methyl sites for hydroxylation is 1. The maximum atomic E-state index is 12.5. The molecule has 2 heterocycles. The molecule has 0 bridgehead atoms. The van der Waals surface area contributed by atoms with Gasteiger partial charge in [-0.05, 0) is 67.2 Å². The number of anilines is 3. The number of nitrogens with zero attached hydrogens (tertiary/aromatic N) is 4. The van der Waals surface area contributed by atoms with Gasteiger partial charge < -0.3 is 15.1 Å². The first kappa shape index (κ1) is 23.2. The molecular formula is C22H23ClN6O2S2. The maximum absolute atomic E-state index is 12.5. The lowest BCUT2D eigenvalue weighted by Crippen LogP contribution is -2.50. The van der Waals surface area contributed by atoms with E-state index >= 15 is 0 Å². The molecule has 0 atom stereocenters. The largest absolute Gasteiger partial charge is 0.368 e. The number of hydrogen-bond acceptors (Lipinski definition) is 6. The average molecular weight is 503 g/mol. The lowest BCUT2D eigenvalue weighted by molar-refractivity contribution is 0.390. The van der Waals surface area contributed by atoms with Crippen LogP contribution in [0.25, 0.3) is 0 Å². The van der Waals surface area contributed by atoms with Gasteiger partial charge in [0.25, 0.3) is 10.0 Å². The third-order valence-electron chi connectivity index (χ3n) is 5.29. The van der Waals surface area contributed by atoms with Gasteiger partial charge in [0.1, 0.15) is 0 Å². The Morgan fingerprint density at radius 3 is 2.36 bits per heavy atom. The first-order valence-electron chi connectivity index (χ1n) is 10.3. The van der Waals surface area contributed by atoms with Gasteiger partial charge in [0, 0.05) is 55.0 Å². The highest BCUT2D eigenvalue weighted by Crippen LogP contribution is 2.25. The maximum Gasteiger partial charge on any atom is 0.264 e. The van der Waals surface area contributed by atoms with Crippen molar-refractivity contribution in [1.29, 1.82) is 0 Å². The van der Waals surface area contributed by atoms with Crippen LogP contribution in [0.5, 0.6) is 0 Å². The van der Waals surface area contributed by atoms with E-state index in [1.54, 1.807) is 18.2 Å². The zero-order valence-electron chi connectivity index (χ0n) is 17.9. The number of hydrogen-bond donors (Lipinski definition) is 2. The fourth-order valence-electron chi connectivity index (χ4n) is 3.52. The number of nitrogens with one attached hydrogen (secondary N) is 2. The zero-order chi connectivity index (χ0) is 23.4. The smallest absolute Gasteiger partial charge is 0.264 e. The molecule has 0 spiro atoms. The van der Waals surface area contributed by atoms with Crippen molar-refractivity contribution in [3.63, 3.8) is 0 Å². The van der Waals surface area contributed by atoms with Gasteiger partial charge >= 0.3 is 0 Å². The minimum atomic E-state index is -3.78. The van der Waals surface area contributed by atoms with Crippen LogP contribution in [0.15, 0.2) is 65.8 Å². The second-order valence-electron chi connectivity index (χ2n) is 7.54. The Bertz CT molecular complexity index is 1230. The molecule has 0 radical (unpaired) electrons. The monoisotopic (exact) mass is 502 g/mol. The number of sulfonamides is 1. The molecule has 4 rings (SSSR count). The molecule has 0 amide bonds.